The minimum atomic E-state index is 0.414. The van der Waals surface area contributed by atoms with Gasteiger partial charge in [-0.1, -0.05) is 88.0 Å². The van der Waals surface area contributed by atoms with Crippen LogP contribution in [0.5, 0.6) is 5.75 Å². The second kappa shape index (κ2) is 10.1. The molecule has 0 aliphatic carbocycles. The van der Waals surface area contributed by atoms with Crippen LogP contribution >= 0.6 is 11.3 Å². The van der Waals surface area contributed by atoms with Crippen molar-refractivity contribution in [1.82, 2.24) is 4.57 Å². The van der Waals surface area contributed by atoms with Gasteiger partial charge in [-0.05, 0) is 19.8 Å². The summed E-state index contributed by atoms with van der Waals surface area (Å²) in [6.07, 6.45) is 9.92. The van der Waals surface area contributed by atoms with Crippen molar-refractivity contribution in [2.45, 2.75) is 78.7 Å². The fraction of sp³-hybridized carbons (Fsp3) is 0.542. The first kappa shape index (κ1) is 20.9. The second-order valence-electron chi connectivity index (χ2n) is 7.74. The van der Waals surface area contributed by atoms with Crippen LogP contribution < -0.4 is 4.80 Å². The van der Waals surface area contributed by atoms with Gasteiger partial charge in [0.05, 0.1) is 10.2 Å². The van der Waals surface area contributed by atoms with E-state index in [4.69, 9.17) is 4.99 Å². The molecule has 0 unspecified atom stereocenters. The predicted molar refractivity (Wildman–Crippen MR) is 122 cm³/mol. The lowest BCUT2D eigenvalue weighted by Crippen LogP contribution is -2.15. The highest BCUT2D eigenvalue weighted by atomic mass is 32.1. The Hall–Kier alpha value is -1.81. The molecule has 4 heteroatoms. The first-order chi connectivity index (χ1) is 13.7. The van der Waals surface area contributed by atoms with Crippen LogP contribution in [0.3, 0.4) is 0 Å². The Labute approximate surface area is 172 Å². The Morgan fingerprint density at radius 1 is 0.929 bits per heavy atom. The molecule has 0 fully saturated rings. The van der Waals surface area contributed by atoms with Gasteiger partial charge in [0, 0.05) is 29.4 Å². The zero-order chi connectivity index (χ0) is 19.9. The summed E-state index contributed by atoms with van der Waals surface area (Å²) in [5.41, 5.74) is 2.23. The number of phenols is 1. The lowest BCUT2D eigenvalue weighted by molar-refractivity contribution is 0.478. The maximum Gasteiger partial charge on any atom is 0.185 e. The van der Waals surface area contributed by atoms with Crippen LogP contribution in [-0.4, -0.2) is 16.2 Å². The number of benzene rings is 2. The van der Waals surface area contributed by atoms with Crippen LogP contribution in [0, 0.1) is 6.92 Å². The van der Waals surface area contributed by atoms with Crippen LogP contribution in [0.1, 0.15) is 70.8 Å². The first-order valence-corrected chi connectivity index (χ1v) is 11.7. The summed E-state index contributed by atoms with van der Waals surface area (Å²) in [7, 11) is 0. The average Bonchev–Trinajstić information content (AvgIpc) is 3.08. The number of nitrogens with zero attached hydrogens (tertiary/aromatic N) is 2. The molecule has 1 heterocycles. The molecular formula is C24H34N2OS. The number of aryl methyl sites for hydroxylation is 2. The third-order valence-electron chi connectivity index (χ3n) is 5.54. The zero-order valence-electron chi connectivity index (χ0n) is 17.6. The van der Waals surface area contributed by atoms with Gasteiger partial charge in [-0.3, -0.25) is 4.99 Å². The molecule has 0 saturated carbocycles. The Morgan fingerprint density at radius 2 is 1.61 bits per heavy atom. The summed E-state index contributed by atoms with van der Waals surface area (Å²) in [6, 6.07) is 8.23. The van der Waals surface area contributed by atoms with Gasteiger partial charge in [0.25, 0.3) is 0 Å². The Kier molecular flexibility index (Phi) is 7.55. The normalized spacial score (nSPS) is 12.5. The number of rotatable bonds is 10. The summed E-state index contributed by atoms with van der Waals surface area (Å²) in [5, 5.41) is 12.8. The summed E-state index contributed by atoms with van der Waals surface area (Å²) in [4.78, 5) is 6.10. The van der Waals surface area contributed by atoms with E-state index in [1.807, 2.05) is 19.1 Å². The van der Waals surface area contributed by atoms with Crippen molar-refractivity contribution in [2.75, 3.05) is 6.54 Å². The molecule has 0 atom stereocenters. The molecule has 0 radical (unpaired) electrons. The number of hydrogen-bond acceptors (Lipinski definition) is 3. The lowest BCUT2D eigenvalue weighted by atomic mass is 10.0. The van der Waals surface area contributed by atoms with Crippen LogP contribution in [0.15, 0.2) is 29.3 Å². The smallest absolute Gasteiger partial charge is 0.185 e. The molecule has 3 nitrogen and oxygen atoms in total. The van der Waals surface area contributed by atoms with E-state index in [9.17, 15) is 5.11 Å². The molecule has 3 aromatic rings. The van der Waals surface area contributed by atoms with Crippen molar-refractivity contribution in [3.63, 3.8) is 0 Å². The van der Waals surface area contributed by atoms with Crippen molar-refractivity contribution in [1.29, 1.82) is 0 Å². The molecule has 0 bridgehead atoms. The van der Waals surface area contributed by atoms with E-state index in [1.54, 1.807) is 11.3 Å². The van der Waals surface area contributed by atoms with Crippen LogP contribution in [-0.2, 0) is 6.54 Å². The summed E-state index contributed by atoms with van der Waals surface area (Å²) < 4.78 is 3.60. The number of thiazole rings is 1. The van der Waals surface area contributed by atoms with Gasteiger partial charge in [-0.25, -0.2) is 0 Å². The van der Waals surface area contributed by atoms with Crippen molar-refractivity contribution < 1.29 is 5.11 Å². The van der Waals surface area contributed by atoms with Gasteiger partial charge in [-0.2, -0.15) is 0 Å². The maximum absolute atomic E-state index is 10.7. The van der Waals surface area contributed by atoms with E-state index in [-0.39, 0.29) is 0 Å². The van der Waals surface area contributed by atoms with Crippen LogP contribution in [0.2, 0.25) is 0 Å². The SMILES string of the molecule is CCCCCCN=c1sc2c(C)c(O)c3ccccc3c2n1CCCCCC. The molecule has 0 aliphatic heterocycles. The van der Waals surface area contributed by atoms with Crippen molar-refractivity contribution in [2.24, 2.45) is 4.99 Å². The minimum absolute atomic E-state index is 0.414. The standard InChI is InChI=1S/C24H34N2OS/c1-4-6-8-12-16-25-24-26(17-13-9-7-5-2)21-19-14-10-11-15-20(19)22(27)18(3)23(21)28-24/h10-11,14-15,27H,4-9,12-13,16-17H2,1-3H3. The fourth-order valence-corrected chi connectivity index (χ4v) is 5.07. The van der Waals surface area contributed by atoms with Crippen molar-refractivity contribution in [3.05, 3.63) is 34.6 Å². The van der Waals surface area contributed by atoms with Gasteiger partial charge in [0.2, 0.25) is 0 Å². The van der Waals surface area contributed by atoms with E-state index < -0.39 is 0 Å². The third-order valence-corrected chi connectivity index (χ3v) is 6.77. The molecule has 1 aromatic heterocycles. The van der Waals surface area contributed by atoms with E-state index in [1.165, 1.54) is 55.2 Å². The number of unbranched alkanes of at least 4 members (excludes halogenated alkanes) is 6. The molecule has 0 saturated heterocycles. The number of hydrogen-bond donors (Lipinski definition) is 1. The molecule has 0 aliphatic rings. The molecule has 3 rings (SSSR count). The fourth-order valence-electron chi connectivity index (χ4n) is 3.88. The summed E-state index contributed by atoms with van der Waals surface area (Å²) in [6.45, 7) is 8.43. The Bertz CT molecular complexity index is 984. The van der Waals surface area contributed by atoms with Crippen molar-refractivity contribution >= 4 is 32.3 Å². The zero-order valence-corrected chi connectivity index (χ0v) is 18.4. The van der Waals surface area contributed by atoms with Crippen LogP contribution in [0.4, 0.5) is 0 Å². The topological polar surface area (TPSA) is 37.5 Å². The Morgan fingerprint density at radius 3 is 2.32 bits per heavy atom. The number of aromatic nitrogens is 1. The monoisotopic (exact) mass is 398 g/mol. The second-order valence-corrected chi connectivity index (χ2v) is 8.71. The van der Waals surface area contributed by atoms with Gasteiger partial charge in [0.1, 0.15) is 5.75 Å². The maximum atomic E-state index is 10.7. The highest BCUT2D eigenvalue weighted by Gasteiger charge is 2.16. The highest BCUT2D eigenvalue weighted by Crippen LogP contribution is 2.38. The average molecular weight is 399 g/mol. The first-order valence-electron chi connectivity index (χ1n) is 10.9. The predicted octanol–water partition coefficient (Wildman–Crippen LogP) is 6.93. The van der Waals surface area contributed by atoms with E-state index in [2.05, 4.69) is 30.5 Å². The van der Waals surface area contributed by atoms with Gasteiger partial charge >= 0.3 is 0 Å². The molecule has 1 N–H and O–H groups in total. The Balaban J connectivity index is 2.09. The molecular weight excluding hydrogens is 364 g/mol. The van der Waals surface area contributed by atoms with Gasteiger partial charge in [-0.15, -0.1) is 0 Å². The number of phenolic OH excluding ortho intramolecular Hbond substituents is 1. The molecule has 2 aromatic carbocycles. The molecule has 152 valence electrons. The third kappa shape index (κ3) is 4.43. The van der Waals surface area contributed by atoms with Gasteiger partial charge in [0.15, 0.2) is 4.80 Å². The number of aromatic hydroxyl groups is 1. The summed E-state index contributed by atoms with van der Waals surface area (Å²) >= 11 is 1.74. The largest absolute Gasteiger partial charge is 0.507 e. The quantitative estimate of drug-likeness (QED) is 0.369. The number of fused-ring (bicyclic) bond motifs is 3. The molecule has 0 spiro atoms. The minimum Gasteiger partial charge on any atom is -0.507 e. The highest BCUT2D eigenvalue weighted by molar-refractivity contribution is 7.16. The van der Waals surface area contributed by atoms with E-state index >= 15 is 0 Å². The lowest BCUT2D eigenvalue weighted by Gasteiger charge is -2.11. The van der Waals surface area contributed by atoms with E-state index in [0.29, 0.717) is 5.75 Å². The van der Waals surface area contributed by atoms with Crippen molar-refractivity contribution in [3.8, 4) is 5.75 Å². The van der Waals surface area contributed by atoms with Gasteiger partial charge < -0.3 is 9.67 Å². The van der Waals surface area contributed by atoms with Crippen LogP contribution in [0.25, 0.3) is 21.0 Å². The molecule has 28 heavy (non-hydrogen) atoms. The van der Waals surface area contributed by atoms with E-state index in [0.717, 1.165) is 40.6 Å². The summed E-state index contributed by atoms with van der Waals surface area (Å²) in [5.74, 6) is 0.414. The molecule has 0 amide bonds.